The van der Waals surface area contributed by atoms with Crippen molar-refractivity contribution in [3.8, 4) is 5.69 Å². The van der Waals surface area contributed by atoms with Crippen LogP contribution in [0.1, 0.15) is 51.0 Å². The van der Waals surface area contributed by atoms with Crippen LogP contribution in [0.2, 0.25) is 0 Å². The number of carbonyl (C=O) groups excluding carboxylic acids is 2. The molecule has 0 radical (unpaired) electrons. The molecule has 7 heteroatoms. The molecule has 1 saturated carbocycles. The molecule has 2 aromatic rings. The predicted octanol–water partition coefficient (Wildman–Crippen LogP) is 4.39. The van der Waals surface area contributed by atoms with Crippen LogP contribution in [0, 0.1) is 0 Å². The Hall–Kier alpha value is -3.32. The molecule has 1 aromatic heterocycles. The summed E-state index contributed by atoms with van der Waals surface area (Å²) in [5.74, 6) is -1.47. The molecule has 34 heavy (non-hydrogen) atoms. The Morgan fingerprint density at radius 3 is 2.32 bits per heavy atom. The molecule has 4 rings (SSSR count). The maximum atomic E-state index is 13.5. The summed E-state index contributed by atoms with van der Waals surface area (Å²) in [5, 5.41) is 3.22. The number of aromatic nitrogens is 1. The molecule has 2 heterocycles. The maximum Gasteiger partial charge on any atom is 0.337 e. The van der Waals surface area contributed by atoms with Crippen molar-refractivity contribution in [2.24, 2.45) is 0 Å². The second kappa shape index (κ2) is 10.7. The summed E-state index contributed by atoms with van der Waals surface area (Å²) < 4.78 is 18.4. The summed E-state index contributed by atoms with van der Waals surface area (Å²) in [4.78, 5) is 26.7. The van der Waals surface area contributed by atoms with Crippen LogP contribution in [0.4, 0.5) is 0 Å². The zero-order chi connectivity index (χ0) is 24.1. The monoisotopic (exact) mass is 464 g/mol. The molecular formula is C27H32N2O5. The minimum absolute atomic E-state index is 0.0798. The van der Waals surface area contributed by atoms with Gasteiger partial charge in [0.15, 0.2) is 0 Å². The van der Waals surface area contributed by atoms with Crippen molar-refractivity contribution in [2.45, 2.75) is 51.6 Å². The first kappa shape index (κ1) is 23.8. The number of hydrogen-bond acceptors (Lipinski definition) is 6. The van der Waals surface area contributed by atoms with Crippen molar-refractivity contribution in [1.82, 2.24) is 9.88 Å². The first-order valence-electron chi connectivity index (χ1n) is 11.8. The van der Waals surface area contributed by atoms with Gasteiger partial charge in [0, 0.05) is 36.6 Å². The molecule has 180 valence electrons. The average Bonchev–Trinajstić information content (AvgIpc) is 3.53. The molecule has 2 aliphatic rings. The number of allylic oxidation sites excluding steroid dienone is 2. The van der Waals surface area contributed by atoms with Crippen molar-refractivity contribution < 1.29 is 23.8 Å². The Bertz CT molecular complexity index is 1090. The predicted molar refractivity (Wildman–Crippen MR) is 128 cm³/mol. The number of ether oxygens (including phenoxy) is 3. The van der Waals surface area contributed by atoms with Crippen LogP contribution >= 0.6 is 0 Å². The van der Waals surface area contributed by atoms with Crippen LogP contribution in [0.3, 0.4) is 0 Å². The molecular weight excluding hydrogens is 432 g/mol. The zero-order valence-electron chi connectivity index (χ0n) is 20.0. The van der Waals surface area contributed by atoms with Gasteiger partial charge in [-0.3, -0.25) is 0 Å². The number of nitrogens with zero attached hydrogens (tertiary/aromatic N) is 1. The van der Waals surface area contributed by atoms with E-state index in [4.69, 9.17) is 14.2 Å². The van der Waals surface area contributed by atoms with E-state index in [1.54, 1.807) is 7.11 Å². The third-order valence-corrected chi connectivity index (χ3v) is 6.40. The van der Waals surface area contributed by atoms with E-state index in [0.717, 1.165) is 36.9 Å². The highest BCUT2D eigenvalue weighted by atomic mass is 16.6. The van der Waals surface area contributed by atoms with Crippen LogP contribution in [-0.4, -0.2) is 42.9 Å². The van der Waals surface area contributed by atoms with E-state index in [2.05, 4.69) is 5.32 Å². The van der Waals surface area contributed by atoms with Crippen molar-refractivity contribution in [3.05, 3.63) is 76.9 Å². The molecule has 1 aromatic carbocycles. The van der Waals surface area contributed by atoms with Gasteiger partial charge in [0.25, 0.3) is 0 Å². The van der Waals surface area contributed by atoms with Gasteiger partial charge in [0.1, 0.15) is 12.7 Å². The number of nitrogens with one attached hydrogen (secondary N) is 1. The standard InChI is InChI=1S/C27H32N2O5/c1-18-23(26(30)33-16-15-32-3)25(20-9-8-10-21(17-20)29-13-6-7-14-29)24(19(2)28-18)27(31)34-22-11-4-5-12-22/h6-10,13-14,17,22,25,28H,4-5,11-12,15-16H2,1-3H3. The number of benzene rings is 1. The number of hydrogen-bond donors (Lipinski definition) is 1. The minimum Gasteiger partial charge on any atom is -0.460 e. The van der Waals surface area contributed by atoms with Gasteiger partial charge in [-0.1, -0.05) is 12.1 Å². The van der Waals surface area contributed by atoms with E-state index in [1.165, 1.54) is 0 Å². The molecule has 1 aliphatic heterocycles. The fourth-order valence-corrected chi connectivity index (χ4v) is 4.76. The summed E-state index contributed by atoms with van der Waals surface area (Å²) in [6.07, 6.45) is 7.71. The molecule has 1 atom stereocenters. The third-order valence-electron chi connectivity index (χ3n) is 6.40. The van der Waals surface area contributed by atoms with Gasteiger partial charge in [0.05, 0.1) is 23.7 Å². The first-order chi connectivity index (χ1) is 16.5. The molecule has 0 spiro atoms. The zero-order valence-corrected chi connectivity index (χ0v) is 20.0. The summed E-state index contributed by atoms with van der Waals surface area (Å²) in [6.45, 7) is 4.11. The number of methoxy groups -OCH3 is 1. The lowest BCUT2D eigenvalue weighted by Crippen LogP contribution is -2.33. The van der Waals surface area contributed by atoms with Gasteiger partial charge in [-0.2, -0.15) is 0 Å². The fraction of sp³-hybridized carbons (Fsp3) is 0.407. The Labute approximate surface area is 200 Å². The molecule has 0 saturated heterocycles. The van der Waals surface area contributed by atoms with Gasteiger partial charge >= 0.3 is 11.9 Å². The van der Waals surface area contributed by atoms with Crippen molar-refractivity contribution in [3.63, 3.8) is 0 Å². The van der Waals surface area contributed by atoms with E-state index in [1.807, 2.05) is 67.2 Å². The third kappa shape index (κ3) is 5.09. The fourth-order valence-electron chi connectivity index (χ4n) is 4.76. The quantitative estimate of drug-likeness (QED) is 0.461. The van der Waals surface area contributed by atoms with Crippen molar-refractivity contribution >= 4 is 11.9 Å². The van der Waals surface area contributed by atoms with Gasteiger partial charge < -0.3 is 24.1 Å². The largest absolute Gasteiger partial charge is 0.460 e. The van der Waals surface area contributed by atoms with E-state index in [9.17, 15) is 9.59 Å². The molecule has 1 fully saturated rings. The highest BCUT2D eigenvalue weighted by Crippen LogP contribution is 2.40. The highest BCUT2D eigenvalue weighted by Gasteiger charge is 2.39. The SMILES string of the molecule is COCCOC(=O)C1=C(C)NC(C)=C(C(=O)OC2CCCC2)C1c1cccc(-n2cccc2)c1. The van der Waals surface area contributed by atoms with Crippen LogP contribution in [-0.2, 0) is 23.8 Å². The number of esters is 2. The van der Waals surface area contributed by atoms with Gasteiger partial charge in [-0.05, 0) is 69.4 Å². The lowest BCUT2D eigenvalue weighted by atomic mass is 9.80. The van der Waals surface area contributed by atoms with Gasteiger partial charge in [-0.15, -0.1) is 0 Å². The lowest BCUT2D eigenvalue weighted by molar-refractivity contribution is -0.144. The summed E-state index contributed by atoms with van der Waals surface area (Å²) in [6, 6.07) is 11.8. The Kier molecular flexibility index (Phi) is 7.53. The normalized spacial score (nSPS) is 18.7. The number of carbonyl (C=O) groups is 2. The Morgan fingerprint density at radius 1 is 0.971 bits per heavy atom. The molecule has 0 bridgehead atoms. The smallest absolute Gasteiger partial charge is 0.337 e. The second-order valence-corrected chi connectivity index (χ2v) is 8.76. The molecule has 1 aliphatic carbocycles. The van der Waals surface area contributed by atoms with Crippen LogP contribution in [0.25, 0.3) is 5.69 Å². The van der Waals surface area contributed by atoms with E-state index in [-0.39, 0.29) is 18.7 Å². The Balaban J connectivity index is 1.75. The van der Waals surface area contributed by atoms with E-state index in [0.29, 0.717) is 29.1 Å². The molecule has 1 unspecified atom stereocenters. The highest BCUT2D eigenvalue weighted by molar-refractivity contribution is 6.00. The van der Waals surface area contributed by atoms with Crippen LogP contribution in [0.5, 0.6) is 0 Å². The maximum absolute atomic E-state index is 13.5. The topological polar surface area (TPSA) is 78.8 Å². The van der Waals surface area contributed by atoms with Crippen LogP contribution < -0.4 is 5.32 Å². The number of dihydropyridines is 1. The van der Waals surface area contributed by atoms with Gasteiger partial charge in [0.2, 0.25) is 0 Å². The first-order valence-corrected chi connectivity index (χ1v) is 11.8. The summed E-state index contributed by atoms with van der Waals surface area (Å²) in [7, 11) is 1.55. The number of rotatable bonds is 8. The lowest BCUT2D eigenvalue weighted by Gasteiger charge is -2.31. The van der Waals surface area contributed by atoms with E-state index < -0.39 is 11.9 Å². The van der Waals surface area contributed by atoms with Gasteiger partial charge in [-0.25, -0.2) is 9.59 Å². The summed E-state index contributed by atoms with van der Waals surface area (Å²) >= 11 is 0. The average molecular weight is 465 g/mol. The van der Waals surface area contributed by atoms with E-state index >= 15 is 0 Å². The second-order valence-electron chi connectivity index (χ2n) is 8.76. The molecule has 0 amide bonds. The summed E-state index contributed by atoms with van der Waals surface area (Å²) in [5.41, 5.74) is 3.96. The Morgan fingerprint density at radius 2 is 1.65 bits per heavy atom. The van der Waals surface area contributed by atoms with Crippen LogP contribution in [0.15, 0.2) is 71.3 Å². The molecule has 7 nitrogen and oxygen atoms in total. The van der Waals surface area contributed by atoms with Crippen molar-refractivity contribution in [2.75, 3.05) is 20.3 Å². The molecule has 1 N–H and O–H groups in total. The van der Waals surface area contributed by atoms with Crippen molar-refractivity contribution in [1.29, 1.82) is 0 Å². The minimum atomic E-state index is -0.610.